The van der Waals surface area contributed by atoms with E-state index in [4.69, 9.17) is 0 Å². The average molecular weight is 429 g/mol. The number of fused-ring (bicyclic) bond motifs is 1. The molecule has 0 atom stereocenters. The van der Waals surface area contributed by atoms with Crippen LogP contribution in [0.3, 0.4) is 0 Å². The van der Waals surface area contributed by atoms with Gasteiger partial charge in [0.1, 0.15) is 18.0 Å². The maximum Gasteiger partial charge on any atom is 0.224 e. The van der Waals surface area contributed by atoms with E-state index in [0.29, 0.717) is 31.9 Å². The number of pyridine rings is 1. The Labute approximate surface area is 185 Å². The second-order valence-corrected chi connectivity index (χ2v) is 7.58. The molecule has 32 heavy (non-hydrogen) atoms. The van der Waals surface area contributed by atoms with Gasteiger partial charge >= 0.3 is 0 Å². The summed E-state index contributed by atoms with van der Waals surface area (Å²) in [6, 6.07) is 15.8. The van der Waals surface area contributed by atoms with E-state index in [1.54, 1.807) is 17.1 Å². The number of amides is 1. The first-order valence-corrected chi connectivity index (χ1v) is 10.7. The Balaban J connectivity index is 1.17. The minimum absolute atomic E-state index is 0.142. The SMILES string of the molecule is O=C(CCNc1ncnc2c1cnn2-c1ccccc1)N1CCN(c2ccccn2)CC1. The maximum atomic E-state index is 12.7. The van der Waals surface area contributed by atoms with Crippen LogP contribution in [0, 0.1) is 0 Å². The zero-order chi connectivity index (χ0) is 21.8. The number of carbonyl (C=O) groups is 1. The normalized spacial score (nSPS) is 14.0. The Kier molecular flexibility index (Phi) is 5.61. The number of hydrogen-bond donors (Lipinski definition) is 1. The van der Waals surface area contributed by atoms with Crippen LogP contribution in [0.5, 0.6) is 0 Å². The van der Waals surface area contributed by atoms with Crippen molar-refractivity contribution in [3.63, 3.8) is 0 Å². The van der Waals surface area contributed by atoms with Gasteiger partial charge in [-0.25, -0.2) is 19.6 Å². The van der Waals surface area contributed by atoms with Crippen LogP contribution >= 0.6 is 0 Å². The van der Waals surface area contributed by atoms with Gasteiger partial charge in [-0.2, -0.15) is 5.10 Å². The fraction of sp³-hybridized carbons (Fsp3) is 0.261. The Morgan fingerprint density at radius 3 is 2.53 bits per heavy atom. The molecule has 1 aliphatic heterocycles. The lowest BCUT2D eigenvalue weighted by molar-refractivity contribution is -0.131. The Morgan fingerprint density at radius 1 is 0.938 bits per heavy atom. The molecule has 1 aromatic carbocycles. The summed E-state index contributed by atoms with van der Waals surface area (Å²) in [5, 5.41) is 8.58. The first-order valence-electron chi connectivity index (χ1n) is 10.7. The average Bonchev–Trinajstić information content (AvgIpc) is 3.30. The fourth-order valence-corrected chi connectivity index (χ4v) is 3.91. The third-order valence-corrected chi connectivity index (χ3v) is 5.60. The molecule has 3 aromatic heterocycles. The standard InChI is InChI=1S/C23H24N8O/c32-21(30-14-12-29(13-15-30)20-8-4-5-10-24-20)9-11-25-22-19-16-28-31(23(19)27-17-26-22)18-6-2-1-3-7-18/h1-8,10,16-17H,9,11-15H2,(H,25,26,27). The van der Waals surface area contributed by atoms with E-state index >= 15 is 0 Å². The summed E-state index contributed by atoms with van der Waals surface area (Å²) in [5.74, 6) is 1.79. The number of para-hydroxylation sites is 1. The first-order chi connectivity index (χ1) is 15.8. The van der Waals surface area contributed by atoms with Crippen molar-refractivity contribution in [2.75, 3.05) is 42.9 Å². The quantitative estimate of drug-likeness (QED) is 0.504. The molecule has 0 spiro atoms. The number of carbonyl (C=O) groups excluding carboxylic acids is 1. The van der Waals surface area contributed by atoms with E-state index < -0.39 is 0 Å². The molecule has 9 heteroatoms. The summed E-state index contributed by atoms with van der Waals surface area (Å²) >= 11 is 0. The van der Waals surface area contributed by atoms with E-state index in [1.807, 2.05) is 53.4 Å². The predicted octanol–water partition coefficient (Wildman–Crippen LogP) is 2.36. The summed E-state index contributed by atoms with van der Waals surface area (Å²) in [7, 11) is 0. The molecule has 0 aliphatic carbocycles. The molecule has 0 bridgehead atoms. The number of piperazine rings is 1. The molecule has 0 saturated carbocycles. The summed E-state index contributed by atoms with van der Waals surface area (Å²) in [6.45, 7) is 3.50. The highest BCUT2D eigenvalue weighted by atomic mass is 16.2. The highest BCUT2D eigenvalue weighted by Gasteiger charge is 2.21. The van der Waals surface area contributed by atoms with Crippen molar-refractivity contribution in [2.24, 2.45) is 0 Å². The van der Waals surface area contributed by atoms with Gasteiger partial charge < -0.3 is 15.1 Å². The van der Waals surface area contributed by atoms with Crippen molar-refractivity contribution in [3.8, 4) is 5.69 Å². The van der Waals surface area contributed by atoms with Crippen LogP contribution in [0.25, 0.3) is 16.7 Å². The minimum atomic E-state index is 0.142. The highest BCUT2D eigenvalue weighted by Crippen LogP contribution is 2.21. The lowest BCUT2D eigenvalue weighted by atomic mass is 10.2. The summed E-state index contributed by atoms with van der Waals surface area (Å²) < 4.78 is 1.79. The zero-order valence-electron chi connectivity index (χ0n) is 17.6. The van der Waals surface area contributed by atoms with Crippen LogP contribution in [-0.2, 0) is 4.79 Å². The van der Waals surface area contributed by atoms with Gasteiger partial charge in [0, 0.05) is 45.3 Å². The van der Waals surface area contributed by atoms with Crippen LogP contribution in [-0.4, -0.2) is 68.3 Å². The molecule has 0 unspecified atom stereocenters. The van der Waals surface area contributed by atoms with Crippen molar-refractivity contribution >= 4 is 28.6 Å². The third-order valence-electron chi connectivity index (χ3n) is 5.60. The van der Waals surface area contributed by atoms with Gasteiger partial charge in [0.25, 0.3) is 0 Å². The van der Waals surface area contributed by atoms with Crippen LogP contribution < -0.4 is 10.2 Å². The summed E-state index contributed by atoms with van der Waals surface area (Å²) in [6.07, 6.45) is 5.47. The van der Waals surface area contributed by atoms with Gasteiger partial charge in [-0.05, 0) is 24.3 Å². The molecule has 1 aliphatic rings. The second-order valence-electron chi connectivity index (χ2n) is 7.58. The molecule has 1 fully saturated rings. The van der Waals surface area contributed by atoms with Gasteiger partial charge in [-0.1, -0.05) is 24.3 Å². The lowest BCUT2D eigenvalue weighted by Crippen LogP contribution is -2.49. The van der Waals surface area contributed by atoms with Gasteiger partial charge in [0.05, 0.1) is 17.3 Å². The number of aromatic nitrogens is 5. The van der Waals surface area contributed by atoms with E-state index in [-0.39, 0.29) is 5.91 Å². The van der Waals surface area contributed by atoms with Crippen LogP contribution in [0.1, 0.15) is 6.42 Å². The van der Waals surface area contributed by atoms with Crippen LogP contribution in [0.2, 0.25) is 0 Å². The molecule has 162 valence electrons. The number of nitrogens with one attached hydrogen (secondary N) is 1. The first kappa shape index (κ1) is 19.9. The third kappa shape index (κ3) is 4.09. The maximum absolute atomic E-state index is 12.7. The van der Waals surface area contributed by atoms with Crippen molar-refractivity contribution < 1.29 is 4.79 Å². The Hall–Kier alpha value is -4.01. The van der Waals surface area contributed by atoms with E-state index in [1.165, 1.54) is 6.33 Å². The minimum Gasteiger partial charge on any atom is -0.369 e. The molecule has 4 aromatic rings. The second kappa shape index (κ2) is 9.01. The number of anilines is 2. The molecule has 4 heterocycles. The molecule has 0 radical (unpaired) electrons. The summed E-state index contributed by atoms with van der Waals surface area (Å²) in [4.78, 5) is 30.0. The molecule has 1 N–H and O–H groups in total. The van der Waals surface area contributed by atoms with Crippen LogP contribution in [0.4, 0.5) is 11.6 Å². The molecule has 1 amide bonds. The van der Waals surface area contributed by atoms with E-state index in [2.05, 4.69) is 30.3 Å². The van der Waals surface area contributed by atoms with Gasteiger partial charge in [0.15, 0.2) is 5.65 Å². The van der Waals surface area contributed by atoms with Crippen molar-refractivity contribution in [3.05, 3.63) is 67.3 Å². The fourth-order valence-electron chi connectivity index (χ4n) is 3.91. The van der Waals surface area contributed by atoms with Crippen LogP contribution in [0.15, 0.2) is 67.3 Å². The van der Waals surface area contributed by atoms with E-state index in [0.717, 1.165) is 35.6 Å². The highest BCUT2D eigenvalue weighted by molar-refractivity contribution is 5.87. The molecule has 9 nitrogen and oxygen atoms in total. The molecule has 5 rings (SSSR count). The van der Waals surface area contributed by atoms with Crippen molar-refractivity contribution in [1.29, 1.82) is 0 Å². The Morgan fingerprint density at radius 2 is 1.75 bits per heavy atom. The van der Waals surface area contributed by atoms with Gasteiger partial charge in [-0.3, -0.25) is 4.79 Å². The van der Waals surface area contributed by atoms with Crippen molar-refractivity contribution in [1.82, 2.24) is 29.6 Å². The largest absolute Gasteiger partial charge is 0.369 e. The number of hydrogen-bond acceptors (Lipinski definition) is 7. The molecular formula is C23H24N8O. The number of nitrogens with zero attached hydrogens (tertiary/aromatic N) is 7. The van der Waals surface area contributed by atoms with Gasteiger partial charge in [-0.15, -0.1) is 0 Å². The topological polar surface area (TPSA) is 92.1 Å². The lowest BCUT2D eigenvalue weighted by Gasteiger charge is -2.35. The Bertz CT molecular complexity index is 1190. The zero-order valence-corrected chi connectivity index (χ0v) is 17.6. The van der Waals surface area contributed by atoms with Gasteiger partial charge in [0.2, 0.25) is 5.91 Å². The number of rotatable bonds is 6. The monoisotopic (exact) mass is 428 g/mol. The smallest absolute Gasteiger partial charge is 0.224 e. The van der Waals surface area contributed by atoms with Crippen molar-refractivity contribution in [2.45, 2.75) is 6.42 Å². The molecular weight excluding hydrogens is 404 g/mol. The number of benzene rings is 1. The molecule has 1 saturated heterocycles. The predicted molar refractivity (Wildman–Crippen MR) is 123 cm³/mol. The summed E-state index contributed by atoms with van der Waals surface area (Å²) in [5.41, 5.74) is 1.66. The van der Waals surface area contributed by atoms with E-state index in [9.17, 15) is 4.79 Å².